The van der Waals surface area contributed by atoms with Gasteiger partial charge in [0.2, 0.25) is 0 Å². The van der Waals surface area contributed by atoms with E-state index in [1.807, 2.05) is 27.7 Å². The van der Waals surface area contributed by atoms with Crippen molar-refractivity contribution in [1.29, 1.82) is 0 Å². The Morgan fingerprint density at radius 2 is 1.27 bits per heavy atom. The molecule has 1 atom stereocenters. The minimum Gasteiger partial charge on any atom is -0.663 e. The van der Waals surface area contributed by atoms with E-state index in [0.29, 0.717) is 5.16 Å². The maximum Gasteiger partial charge on any atom is 3.00 e. The summed E-state index contributed by atoms with van der Waals surface area (Å²) in [6.45, 7) is 16.9. The van der Waals surface area contributed by atoms with Crippen molar-refractivity contribution >= 4 is 8.58 Å². The molecule has 2 aliphatic carbocycles. The Bertz CT molecular complexity index is 265. The van der Waals surface area contributed by atoms with Crippen LogP contribution in [0.25, 0.3) is 10.6 Å². The van der Waals surface area contributed by atoms with Gasteiger partial charge in [-0.1, -0.05) is 60.8 Å². The number of nitrogens with zero attached hydrogens (tertiary/aromatic N) is 2. The minimum absolute atomic E-state index is 0. The standard InChI is InChI=1S/C14H22P.2C4H10N.Zr/c1-14(2,12-8-6-7-9-12)15-13-10-4-3-5-11-13;2*1-3-5-4-2;/h6-9,13,15H,3-5,10-11H2,1-2H3;2*3-4H2,1-2H3;/q;2*-1;+3. The molecule has 0 aromatic heterocycles. The predicted octanol–water partition coefficient (Wildman–Crippen LogP) is 6.98. The van der Waals surface area contributed by atoms with Gasteiger partial charge in [-0.2, -0.15) is 26.2 Å². The first-order chi connectivity index (χ1) is 12.0. The second-order valence-corrected chi connectivity index (χ2v) is 9.35. The van der Waals surface area contributed by atoms with Crippen molar-refractivity contribution in [2.45, 2.75) is 84.5 Å². The fourth-order valence-electron chi connectivity index (χ4n) is 3.08. The van der Waals surface area contributed by atoms with Gasteiger partial charge in [-0.05, 0) is 55.3 Å². The van der Waals surface area contributed by atoms with Crippen LogP contribution >= 0.6 is 8.58 Å². The molecule has 0 aromatic carbocycles. The summed E-state index contributed by atoms with van der Waals surface area (Å²) in [5, 5.41) is 8.35. The van der Waals surface area contributed by atoms with Gasteiger partial charge in [0, 0.05) is 0 Å². The molecule has 0 heterocycles. The van der Waals surface area contributed by atoms with E-state index in [9.17, 15) is 0 Å². The monoisotopic (exact) mass is 455 g/mol. The van der Waals surface area contributed by atoms with Crippen LogP contribution in [0.4, 0.5) is 0 Å². The van der Waals surface area contributed by atoms with Crippen LogP contribution in [0.1, 0.15) is 73.6 Å². The quantitative estimate of drug-likeness (QED) is 0.370. The average Bonchev–Trinajstić information content (AvgIpc) is 3.14. The summed E-state index contributed by atoms with van der Waals surface area (Å²) in [6, 6.07) is 0. The van der Waals surface area contributed by atoms with E-state index < -0.39 is 0 Å². The number of hydrogen-bond donors (Lipinski definition) is 0. The second-order valence-electron chi connectivity index (χ2n) is 6.99. The first-order valence-electron chi connectivity index (χ1n) is 10.3. The van der Waals surface area contributed by atoms with E-state index in [1.165, 1.54) is 38.0 Å². The predicted molar refractivity (Wildman–Crippen MR) is 119 cm³/mol. The summed E-state index contributed by atoms with van der Waals surface area (Å²) in [5.74, 6) is 1.53. The topological polar surface area (TPSA) is 28.2 Å². The third kappa shape index (κ3) is 15.2. The van der Waals surface area contributed by atoms with Gasteiger partial charge >= 0.3 is 26.2 Å². The van der Waals surface area contributed by atoms with E-state index in [1.54, 1.807) is 0 Å². The van der Waals surface area contributed by atoms with Crippen LogP contribution < -0.4 is 0 Å². The van der Waals surface area contributed by atoms with Crippen LogP contribution in [-0.2, 0) is 26.2 Å². The van der Waals surface area contributed by atoms with Gasteiger partial charge in [0.1, 0.15) is 0 Å². The maximum absolute atomic E-state index is 3.97. The maximum atomic E-state index is 3.97. The van der Waals surface area contributed by atoms with Crippen LogP contribution in [0.15, 0.2) is 0 Å². The van der Waals surface area contributed by atoms with E-state index in [2.05, 4.69) is 50.2 Å². The van der Waals surface area contributed by atoms with Crippen molar-refractivity contribution < 1.29 is 26.2 Å². The largest absolute Gasteiger partial charge is 3.00 e. The van der Waals surface area contributed by atoms with E-state index >= 15 is 0 Å². The Morgan fingerprint density at radius 1 is 0.846 bits per heavy atom. The zero-order chi connectivity index (χ0) is 19.0. The fraction of sp³-hybridized carbons (Fsp3) is 0.773. The molecule has 4 heteroatoms. The Balaban J connectivity index is 0. The summed E-state index contributed by atoms with van der Waals surface area (Å²) in [5.41, 5.74) is 1.00. The molecule has 148 valence electrons. The molecule has 0 spiro atoms. The molecule has 0 bridgehead atoms. The Hall–Kier alpha value is 1.23. The first-order valence-corrected chi connectivity index (χ1v) is 11.4. The molecule has 0 aromatic rings. The fourth-order valence-corrected chi connectivity index (χ4v) is 5.13. The van der Waals surface area contributed by atoms with Crippen molar-refractivity contribution in [3.05, 3.63) is 42.2 Å². The second kappa shape index (κ2) is 19.5. The molecule has 6 radical (unpaired) electrons. The van der Waals surface area contributed by atoms with Crippen molar-refractivity contribution in [3.8, 4) is 0 Å². The number of rotatable bonds is 7. The van der Waals surface area contributed by atoms with E-state index in [0.717, 1.165) is 40.4 Å². The van der Waals surface area contributed by atoms with Crippen molar-refractivity contribution in [2.75, 3.05) is 26.2 Å². The van der Waals surface area contributed by atoms with Crippen LogP contribution in [0.3, 0.4) is 0 Å². The third-order valence-corrected chi connectivity index (χ3v) is 6.44. The van der Waals surface area contributed by atoms with Crippen LogP contribution in [0.2, 0.25) is 0 Å². The molecule has 1 unspecified atom stereocenters. The van der Waals surface area contributed by atoms with Gasteiger partial charge < -0.3 is 10.6 Å². The Labute approximate surface area is 187 Å². The smallest absolute Gasteiger partial charge is 0.663 e. The summed E-state index contributed by atoms with van der Waals surface area (Å²) in [7, 11) is 1.10. The molecule has 0 amide bonds. The zero-order valence-electron chi connectivity index (χ0n) is 18.1. The molecular formula is C22H42N2PZr+. The first kappa shape index (κ1) is 29.4. The van der Waals surface area contributed by atoms with Gasteiger partial charge in [-0.3, -0.25) is 0 Å². The van der Waals surface area contributed by atoms with Gasteiger partial charge in [0.15, 0.2) is 0 Å². The summed E-state index contributed by atoms with van der Waals surface area (Å²) >= 11 is 0. The number of hydrogen-bond acceptors (Lipinski definition) is 0. The van der Waals surface area contributed by atoms with Crippen molar-refractivity contribution in [2.24, 2.45) is 0 Å². The van der Waals surface area contributed by atoms with Gasteiger partial charge in [0.25, 0.3) is 0 Å². The normalized spacial score (nSPS) is 18.7. The summed E-state index contributed by atoms with van der Waals surface area (Å²) < 4.78 is 0. The summed E-state index contributed by atoms with van der Waals surface area (Å²) in [4.78, 5) is 0. The molecule has 0 aliphatic heterocycles. The Kier molecular flexibility index (Phi) is 22.1. The van der Waals surface area contributed by atoms with E-state index in [-0.39, 0.29) is 26.2 Å². The van der Waals surface area contributed by atoms with E-state index in [4.69, 9.17) is 0 Å². The van der Waals surface area contributed by atoms with Crippen molar-refractivity contribution in [1.82, 2.24) is 0 Å². The molecule has 0 saturated heterocycles. The van der Waals surface area contributed by atoms with Gasteiger partial charge in [0.05, 0.1) is 0 Å². The summed E-state index contributed by atoms with van der Waals surface area (Å²) in [6.07, 6.45) is 16.3. The molecule has 0 N–H and O–H groups in total. The molecule has 2 fully saturated rings. The Morgan fingerprint density at radius 3 is 1.62 bits per heavy atom. The van der Waals surface area contributed by atoms with Crippen LogP contribution in [0.5, 0.6) is 0 Å². The molecule has 26 heavy (non-hydrogen) atoms. The average molecular weight is 457 g/mol. The SMILES string of the molecule is CC(C)(PC1CCCCC1)[C]1[CH][CH][CH][CH]1.CC[N-]CC.CC[N-]CC.[Zr+3]. The van der Waals surface area contributed by atoms with Gasteiger partial charge in [-0.15, -0.1) is 8.58 Å². The minimum atomic E-state index is 0. The molecule has 2 aliphatic rings. The van der Waals surface area contributed by atoms with Gasteiger partial charge in [-0.25, -0.2) is 0 Å². The molecule has 2 saturated carbocycles. The molecule has 2 nitrogen and oxygen atoms in total. The molecular weight excluding hydrogens is 414 g/mol. The zero-order valence-corrected chi connectivity index (χ0v) is 21.6. The van der Waals surface area contributed by atoms with Crippen LogP contribution in [0, 0.1) is 31.6 Å². The third-order valence-electron chi connectivity index (χ3n) is 4.45. The van der Waals surface area contributed by atoms with Crippen molar-refractivity contribution in [3.63, 3.8) is 0 Å². The molecule has 2 rings (SSSR count). The van der Waals surface area contributed by atoms with Crippen LogP contribution in [-0.4, -0.2) is 37.0 Å².